The minimum Gasteiger partial charge on any atom is -0.423 e. The Bertz CT molecular complexity index is 421. The van der Waals surface area contributed by atoms with Gasteiger partial charge >= 0.3 is 5.97 Å². The molecule has 0 bridgehead atoms. The predicted octanol–water partition coefficient (Wildman–Crippen LogP) is 2.66. The van der Waals surface area contributed by atoms with E-state index >= 15 is 0 Å². The third-order valence-electron chi connectivity index (χ3n) is 2.10. The summed E-state index contributed by atoms with van der Waals surface area (Å²) in [5.41, 5.74) is 1.19. The van der Waals surface area contributed by atoms with E-state index < -0.39 is 5.97 Å². The van der Waals surface area contributed by atoms with E-state index in [0.29, 0.717) is 12.4 Å². The average molecular weight is 232 g/mol. The summed E-state index contributed by atoms with van der Waals surface area (Å²) in [5, 5.41) is 0. The molecule has 0 aliphatic rings. The van der Waals surface area contributed by atoms with E-state index in [1.165, 1.54) is 0 Å². The summed E-state index contributed by atoms with van der Waals surface area (Å²) in [6, 6.07) is 7.31. The van der Waals surface area contributed by atoms with Crippen LogP contribution in [-0.2, 0) is 9.53 Å². The maximum absolute atomic E-state index is 11.6. The van der Waals surface area contributed by atoms with Crippen LogP contribution in [0.4, 0.5) is 0 Å². The van der Waals surface area contributed by atoms with Crippen LogP contribution in [0.1, 0.15) is 5.56 Å². The van der Waals surface area contributed by atoms with Crippen molar-refractivity contribution in [1.82, 2.24) is 0 Å². The number of hydrogen-bond acceptors (Lipinski definition) is 3. The Labute approximate surface area is 101 Å². The molecule has 1 aromatic carbocycles. The van der Waals surface area contributed by atoms with Crippen LogP contribution >= 0.6 is 0 Å². The first-order chi connectivity index (χ1) is 8.15. The van der Waals surface area contributed by atoms with E-state index in [-0.39, 0.29) is 12.2 Å². The topological polar surface area (TPSA) is 35.5 Å². The average Bonchev–Trinajstić information content (AvgIpc) is 2.32. The summed E-state index contributed by atoms with van der Waals surface area (Å²) < 4.78 is 10.3. The van der Waals surface area contributed by atoms with Gasteiger partial charge in [-0.05, 0) is 18.6 Å². The number of ether oxygens (including phenoxy) is 2. The van der Waals surface area contributed by atoms with Gasteiger partial charge in [0.05, 0.1) is 18.8 Å². The van der Waals surface area contributed by atoms with Gasteiger partial charge < -0.3 is 9.47 Å². The van der Waals surface area contributed by atoms with Crippen LogP contribution in [0.2, 0.25) is 0 Å². The first-order valence-electron chi connectivity index (χ1n) is 5.29. The molecule has 0 saturated heterocycles. The number of aryl methyl sites for hydroxylation is 1. The van der Waals surface area contributed by atoms with Crippen molar-refractivity contribution in [2.24, 2.45) is 0 Å². The van der Waals surface area contributed by atoms with Crippen LogP contribution in [0.25, 0.3) is 0 Å². The third kappa shape index (κ3) is 4.25. The van der Waals surface area contributed by atoms with E-state index in [1.807, 2.05) is 25.1 Å². The van der Waals surface area contributed by atoms with E-state index in [0.717, 1.165) is 5.56 Å². The molecule has 3 nitrogen and oxygen atoms in total. The maximum Gasteiger partial charge on any atom is 0.341 e. The van der Waals surface area contributed by atoms with Crippen LogP contribution in [0.15, 0.2) is 49.1 Å². The van der Waals surface area contributed by atoms with Gasteiger partial charge in [0.1, 0.15) is 5.75 Å². The molecule has 1 aromatic rings. The van der Waals surface area contributed by atoms with Crippen molar-refractivity contribution in [3.05, 3.63) is 54.6 Å². The SMILES string of the molecule is C=CCOCC(=C)C(=O)Oc1ccccc1C. The van der Waals surface area contributed by atoms with Crippen LogP contribution in [-0.4, -0.2) is 19.2 Å². The van der Waals surface area contributed by atoms with Crippen LogP contribution in [0.5, 0.6) is 5.75 Å². The van der Waals surface area contributed by atoms with Crippen molar-refractivity contribution in [3.63, 3.8) is 0 Å². The summed E-state index contributed by atoms with van der Waals surface area (Å²) in [7, 11) is 0. The molecule has 0 aromatic heterocycles. The minimum absolute atomic E-state index is 0.150. The fourth-order valence-electron chi connectivity index (χ4n) is 1.17. The fraction of sp³-hybridized carbons (Fsp3) is 0.214. The maximum atomic E-state index is 11.6. The molecule has 0 fully saturated rings. The van der Waals surface area contributed by atoms with Gasteiger partial charge in [-0.1, -0.05) is 30.9 Å². The van der Waals surface area contributed by atoms with Gasteiger partial charge in [0.2, 0.25) is 0 Å². The molecule has 0 unspecified atom stereocenters. The lowest BCUT2D eigenvalue weighted by Gasteiger charge is -2.08. The molecule has 0 radical (unpaired) electrons. The highest BCUT2D eigenvalue weighted by Crippen LogP contribution is 2.17. The third-order valence-corrected chi connectivity index (χ3v) is 2.10. The largest absolute Gasteiger partial charge is 0.423 e. The highest BCUT2D eigenvalue weighted by atomic mass is 16.5. The highest BCUT2D eigenvalue weighted by Gasteiger charge is 2.10. The second-order valence-corrected chi connectivity index (χ2v) is 3.56. The van der Waals surface area contributed by atoms with E-state index in [9.17, 15) is 4.79 Å². The monoisotopic (exact) mass is 232 g/mol. The van der Waals surface area contributed by atoms with Gasteiger partial charge in [-0.3, -0.25) is 0 Å². The summed E-state index contributed by atoms with van der Waals surface area (Å²) >= 11 is 0. The van der Waals surface area contributed by atoms with Crippen molar-refractivity contribution >= 4 is 5.97 Å². The molecule has 0 atom stereocenters. The Morgan fingerprint density at radius 2 is 2.12 bits per heavy atom. The Morgan fingerprint density at radius 1 is 1.41 bits per heavy atom. The molecule has 17 heavy (non-hydrogen) atoms. The van der Waals surface area contributed by atoms with Crippen molar-refractivity contribution in [2.75, 3.05) is 13.2 Å². The normalized spacial score (nSPS) is 9.71. The zero-order chi connectivity index (χ0) is 12.7. The van der Waals surface area contributed by atoms with Crippen LogP contribution < -0.4 is 4.74 Å². The number of carbonyl (C=O) groups is 1. The summed E-state index contributed by atoms with van der Waals surface area (Å²) in [6.07, 6.45) is 1.61. The number of carbonyl (C=O) groups excluding carboxylic acids is 1. The zero-order valence-electron chi connectivity index (χ0n) is 9.94. The van der Waals surface area contributed by atoms with Gasteiger partial charge in [0.15, 0.2) is 0 Å². The molecule has 3 heteroatoms. The predicted molar refractivity (Wildman–Crippen MR) is 67.0 cm³/mol. The molecular formula is C14H16O3. The smallest absolute Gasteiger partial charge is 0.341 e. The summed E-state index contributed by atoms with van der Waals surface area (Å²) in [5.74, 6) is 0.0748. The molecule has 0 spiro atoms. The van der Waals surface area contributed by atoms with Crippen LogP contribution in [0, 0.1) is 6.92 Å². The summed E-state index contributed by atoms with van der Waals surface area (Å²) in [4.78, 5) is 11.6. The first-order valence-corrected chi connectivity index (χ1v) is 5.29. The molecule has 0 amide bonds. The second-order valence-electron chi connectivity index (χ2n) is 3.56. The van der Waals surface area contributed by atoms with Crippen LogP contribution in [0.3, 0.4) is 0 Å². The molecular weight excluding hydrogens is 216 g/mol. The molecule has 0 saturated carbocycles. The Balaban J connectivity index is 2.52. The Kier molecular flexibility index (Phi) is 5.17. The van der Waals surface area contributed by atoms with E-state index in [1.54, 1.807) is 12.1 Å². The number of hydrogen-bond donors (Lipinski definition) is 0. The van der Waals surface area contributed by atoms with Crippen molar-refractivity contribution in [2.45, 2.75) is 6.92 Å². The quantitative estimate of drug-likeness (QED) is 0.249. The zero-order valence-corrected chi connectivity index (χ0v) is 9.94. The number of esters is 1. The lowest BCUT2D eigenvalue weighted by molar-refractivity contribution is -0.130. The van der Waals surface area contributed by atoms with Gasteiger partial charge in [0, 0.05) is 0 Å². The second kappa shape index (κ2) is 6.66. The fourth-order valence-corrected chi connectivity index (χ4v) is 1.17. The van der Waals surface area contributed by atoms with Gasteiger partial charge in [0.25, 0.3) is 0 Å². The molecule has 0 aliphatic carbocycles. The number of benzene rings is 1. The highest BCUT2D eigenvalue weighted by molar-refractivity contribution is 5.89. The van der Waals surface area contributed by atoms with E-state index in [2.05, 4.69) is 13.2 Å². The molecule has 0 aliphatic heterocycles. The standard InChI is InChI=1S/C14H16O3/c1-4-9-16-10-12(3)14(15)17-13-8-6-5-7-11(13)2/h4-8H,1,3,9-10H2,2H3. The number of para-hydroxylation sites is 1. The molecule has 0 heterocycles. The Hall–Kier alpha value is -1.87. The molecule has 90 valence electrons. The lowest BCUT2D eigenvalue weighted by atomic mass is 10.2. The lowest BCUT2D eigenvalue weighted by Crippen LogP contribution is -2.15. The van der Waals surface area contributed by atoms with Crippen molar-refractivity contribution < 1.29 is 14.3 Å². The first kappa shape index (κ1) is 13.2. The van der Waals surface area contributed by atoms with Gasteiger partial charge in [-0.15, -0.1) is 6.58 Å². The Morgan fingerprint density at radius 3 is 2.76 bits per heavy atom. The van der Waals surface area contributed by atoms with Gasteiger partial charge in [-0.2, -0.15) is 0 Å². The molecule has 1 rings (SSSR count). The number of rotatable bonds is 6. The van der Waals surface area contributed by atoms with Crippen molar-refractivity contribution in [1.29, 1.82) is 0 Å². The van der Waals surface area contributed by atoms with E-state index in [4.69, 9.17) is 9.47 Å². The molecule has 0 N–H and O–H groups in total. The summed E-state index contributed by atoms with van der Waals surface area (Å²) in [6.45, 7) is 9.54. The van der Waals surface area contributed by atoms with Gasteiger partial charge in [-0.25, -0.2) is 4.79 Å². The van der Waals surface area contributed by atoms with Crippen molar-refractivity contribution in [3.8, 4) is 5.75 Å². The minimum atomic E-state index is -0.469.